The Morgan fingerprint density at radius 3 is 2.95 bits per heavy atom. The van der Waals surface area contributed by atoms with Gasteiger partial charge in [-0.05, 0) is 24.1 Å². The number of nitrogens with one attached hydrogen (secondary N) is 1. The zero-order chi connectivity index (χ0) is 13.8. The molecular weight excluding hydrogens is 254 g/mol. The Balaban J connectivity index is 1.65. The van der Waals surface area contributed by atoms with Crippen LogP contribution in [-0.4, -0.2) is 16.8 Å². The molecular formula is C15H17N3O2. The second-order valence-corrected chi connectivity index (χ2v) is 4.69. The Bertz CT molecular complexity index is 601. The van der Waals surface area contributed by atoms with E-state index in [-0.39, 0.29) is 0 Å². The van der Waals surface area contributed by atoms with Crippen LogP contribution in [-0.2, 0) is 13.0 Å². The van der Waals surface area contributed by atoms with Crippen molar-refractivity contribution in [1.82, 2.24) is 9.97 Å². The van der Waals surface area contributed by atoms with E-state index < -0.39 is 0 Å². The van der Waals surface area contributed by atoms with Gasteiger partial charge in [-0.3, -0.25) is 0 Å². The van der Waals surface area contributed by atoms with E-state index in [0.29, 0.717) is 13.3 Å². The largest absolute Gasteiger partial charge is 0.454 e. The quantitative estimate of drug-likeness (QED) is 0.906. The third-order valence-electron chi connectivity index (χ3n) is 3.14. The number of ether oxygens (including phenoxy) is 2. The van der Waals surface area contributed by atoms with Gasteiger partial charge in [-0.15, -0.1) is 0 Å². The lowest BCUT2D eigenvalue weighted by molar-refractivity contribution is 0.174. The molecule has 2 aromatic rings. The van der Waals surface area contributed by atoms with Gasteiger partial charge in [-0.25, -0.2) is 9.97 Å². The topological polar surface area (TPSA) is 56.3 Å². The van der Waals surface area contributed by atoms with Crippen LogP contribution in [0, 0.1) is 0 Å². The Labute approximate surface area is 118 Å². The van der Waals surface area contributed by atoms with Crippen molar-refractivity contribution < 1.29 is 9.47 Å². The Hall–Kier alpha value is -2.30. The summed E-state index contributed by atoms with van der Waals surface area (Å²) in [5.41, 5.74) is 2.19. The van der Waals surface area contributed by atoms with Crippen molar-refractivity contribution in [1.29, 1.82) is 0 Å². The highest BCUT2D eigenvalue weighted by atomic mass is 16.7. The number of nitrogens with zero attached hydrogens (tertiary/aromatic N) is 2. The number of hydrogen-bond acceptors (Lipinski definition) is 5. The molecule has 1 aliphatic rings. The van der Waals surface area contributed by atoms with Crippen LogP contribution in [0.15, 0.2) is 30.6 Å². The molecule has 3 rings (SSSR count). The van der Waals surface area contributed by atoms with Crippen molar-refractivity contribution >= 4 is 5.82 Å². The molecule has 1 aromatic heterocycles. The van der Waals surface area contributed by atoms with Crippen LogP contribution in [0.4, 0.5) is 5.82 Å². The van der Waals surface area contributed by atoms with Gasteiger partial charge in [0.05, 0.1) is 0 Å². The monoisotopic (exact) mass is 271 g/mol. The second kappa shape index (κ2) is 5.77. The van der Waals surface area contributed by atoms with E-state index >= 15 is 0 Å². The first kappa shape index (κ1) is 12.7. The molecule has 1 aromatic carbocycles. The summed E-state index contributed by atoms with van der Waals surface area (Å²) in [6, 6.07) is 7.94. The lowest BCUT2D eigenvalue weighted by Crippen LogP contribution is -2.03. The third kappa shape index (κ3) is 2.82. The normalized spacial score (nSPS) is 12.4. The molecule has 0 amide bonds. The average Bonchev–Trinajstić information content (AvgIpc) is 2.93. The molecule has 2 heterocycles. The first-order chi connectivity index (χ1) is 9.85. The van der Waals surface area contributed by atoms with Crippen molar-refractivity contribution in [3.63, 3.8) is 0 Å². The molecule has 0 atom stereocenters. The zero-order valence-electron chi connectivity index (χ0n) is 11.4. The number of anilines is 1. The van der Waals surface area contributed by atoms with Crippen LogP contribution in [0.1, 0.15) is 24.6 Å². The highest BCUT2D eigenvalue weighted by Crippen LogP contribution is 2.32. The maximum atomic E-state index is 5.37. The van der Waals surface area contributed by atoms with Gasteiger partial charge in [-0.1, -0.05) is 19.4 Å². The van der Waals surface area contributed by atoms with E-state index in [1.165, 1.54) is 0 Å². The van der Waals surface area contributed by atoms with Crippen molar-refractivity contribution in [2.75, 3.05) is 12.1 Å². The molecule has 0 unspecified atom stereocenters. The van der Waals surface area contributed by atoms with Gasteiger partial charge in [0, 0.05) is 18.3 Å². The number of rotatable bonds is 5. The standard InChI is InChI=1S/C15H17N3O2/c1-2-3-12-7-15(18-9-17-12)16-8-11-4-5-13-14(6-11)20-10-19-13/h4-7,9H,2-3,8,10H2,1H3,(H,16,17,18). The molecule has 104 valence electrons. The van der Waals surface area contributed by atoms with Crippen LogP contribution in [0.3, 0.4) is 0 Å². The molecule has 0 radical (unpaired) electrons. The highest BCUT2D eigenvalue weighted by Gasteiger charge is 2.12. The highest BCUT2D eigenvalue weighted by molar-refractivity contribution is 5.45. The van der Waals surface area contributed by atoms with E-state index in [9.17, 15) is 0 Å². The minimum absolute atomic E-state index is 0.304. The van der Waals surface area contributed by atoms with Crippen molar-refractivity contribution in [3.05, 3.63) is 41.9 Å². The molecule has 5 heteroatoms. The molecule has 0 saturated carbocycles. The fourth-order valence-corrected chi connectivity index (χ4v) is 2.13. The summed E-state index contributed by atoms with van der Waals surface area (Å²) < 4.78 is 10.7. The van der Waals surface area contributed by atoms with Gasteiger partial charge < -0.3 is 14.8 Å². The van der Waals surface area contributed by atoms with E-state index in [2.05, 4.69) is 22.2 Å². The fraction of sp³-hybridized carbons (Fsp3) is 0.333. The minimum Gasteiger partial charge on any atom is -0.454 e. The summed E-state index contributed by atoms with van der Waals surface area (Å²) in [5, 5.41) is 3.30. The smallest absolute Gasteiger partial charge is 0.231 e. The van der Waals surface area contributed by atoms with E-state index in [0.717, 1.165) is 41.4 Å². The fourth-order valence-electron chi connectivity index (χ4n) is 2.13. The van der Waals surface area contributed by atoms with E-state index in [1.807, 2.05) is 24.3 Å². The summed E-state index contributed by atoms with van der Waals surface area (Å²) in [4.78, 5) is 8.47. The predicted molar refractivity (Wildman–Crippen MR) is 75.9 cm³/mol. The Morgan fingerprint density at radius 2 is 2.05 bits per heavy atom. The van der Waals surface area contributed by atoms with Gasteiger partial charge in [0.25, 0.3) is 0 Å². The van der Waals surface area contributed by atoms with Crippen LogP contribution in [0.5, 0.6) is 11.5 Å². The van der Waals surface area contributed by atoms with E-state index in [1.54, 1.807) is 6.33 Å². The van der Waals surface area contributed by atoms with Crippen LogP contribution in [0.25, 0.3) is 0 Å². The van der Waals surface area contributed by atoms with Crippen molar-refractivity contribution in [2.24, 2.45) is 0 Å². The Morgan fingerprint density at radius 1 is 1.15 bits per heavy atom. The summed E-state index contributed by atoms with van der Waals surface area (Å²) in [6.45, 7) is 3.14. The van der Waals surface area contributed by atoms with Crippen molar-refractivity contribution in [2.45, 2.75) is 26.3 Å². The zero-order valence-corrected chi connectivity index (χ0v) is 11.4. The number of benzene rings is 1. The molecule has 20 heavy (non-hydrogen) atoms. The molecule has 0 saturated heterocycles. The molecule has 1 aliphatic heterocycles. The first-order valence-corrected chi connectivity index (χ1v) is 6.78. The molecule has 0 fully saturated rings. The average molecular weight is 271 g/mol. The second-order valence-electron chi connectivity index (χ2n) is 4.69. The number of aryl methyl sites for hydroxylation is 1. The molecule has 5 nitrogen and oxygen atoms in total. The van der Waals surface area contributed by atoms with E-state index in [4.69, 9.17) is 9.47 Å². The molecule has 1 N–H and O–H groups in total. The van der Waals surface area contributed by atoms with Gasteiger partial charge in [0.2, 0.25) is 6.79 Å². The van der Waals surface area contributed by atoms with Gasteiger partial charge >= 0.3 is 0 Å². The van der Waals surface area contributed by atoms with Crippen molar-refractivity contribution in [3.8, 4) is 11.5 Å². The van der Waals surface area contributed by atoms with Crippen LogP contribution in [0.2, 0.25) is 0 Å². The van der Waals surface area contributed by atoms with Crippen LogP contribution < -0.4 is 14.8 Å². The summed E-state index contributed by atoms with van der Waals surface area (Å²) in [6.07, 6.45) is 3.66. The summed E-state index contributed by atoms with van der Waals surface area (Å²) >= 11 is 0. The van der Waals surface area contributed by atoms with Gasteiger partial charge in [-0.2, -0.15) is 0 Å². The lowest BCUT2D eigenvalue weighted by Gasteiger charge is -2.07. The third-order valence-corrected chi connectivity index (χ3v) is 3.14. The lowest BCUT2D eigenvalue weighted by atomic mass is 10.2. The maximum Gasteiger partial charge on any atom is 0.231 e. The number of hydrogen-bond donors (Lipinski definition) is 1. The minimum atomic E-state index is 0.304. The Kier molecular flexibility index (Phi) is 3.67. The summed E-state index contributed by atoms with van der Waals surface area (Å²) in [5.74, 6) is 2.46. The molecule has 0 bridgehead atoms. The predicted octanol–water partition coefficient (Wildman–Crippen LogP) is 2.77. The SMILES string of the molecule is CCCc1cc(NCc2ccc3c(c2)OCO3)ncn1. The number of fused-ring (bicyclic) bond motifs is 1. The van der Waals surface area contributed by atoms with Gasteiger partial charge in [0.1, 0.15) is 12.1 Å². The number of aromatic nitrogens is 2. The first-order valence-electron chi connectivity index (χ1n) is 6.78. The van der Waals surface area contributed by atoms with Crippen LogP contribution >= 0.6 is 0 Å². The summed E-state index contributed by atoms with van der Waals surface area (Å²) in [7, 11) is 0. The molecule has 0 aliphatic carbocycles. The molecule has 0 spiro atoms. The maximum absolute atomic E-state index is 5.37. The van der Waals surface area contributed by atoms with Gasteiger partial charge in [0.15, 0.2) is 11.5 Å².